The molecule has 6 rings (SSSR count). The number of nitrogens with zero attached hydrogens (tertiary/aromatic N) is 4. The van der Waals surface area contributed by atoms with Gasteiger partial charge in [0.05, 0.1) is 33.3 Å². The molecule has 2 aromatic carbocycles. The number of aromatic nitrogens is 6. The molecule has 4 heterocycles. The molecule has 11 nitrogen and oxygen atoms in total. The Hall–Kier alpha value is -6.27. The molecule has 0 aliphatic rings. The van der Waals surface area contributed by atoms with E-state index >= 15 is 0 Å². The summed E-state index contributed by atoms with van der Waals surface area (Å²) in [6.45, 7) is 4.94. The first-order chi connectivity index (χ1) is 24.1. The smallest absolute Gasteiger partial charge is 0.369 e. The minimum absolute atomic E-state index is 0.0209. The van der Waals surface area contributed by atoms with Crippen LogP contribution in [0.2, 0.25) is 0 Å². The Bertz CT molecular complexity index is 2470. The monoisotopic (exact) mass is 732 g/mol. The first kappa shape index (κ1) is 37.0. The highest BCUT2D eigenvalue weighted by atomic mass is 19.4. The number of anilines is 2. The van der Waals surface area contributed by atoms with Gasteiger partial charge in [-0.05, 0) is 48.5 Å². The van der Waals surface area contributed by atoms with Gasteiger partial charge < -0.3 is 5.73 Å². The maximum atomic E-state index is 14.2. The SMILES string of the molecule is CC(C)(C)C(=O)Nc1nc2nc(-c3c(F)cccc3C(F)(F)F)ccc2c(=O)[nH]1.Nc1nc2nc(-c3c(F)cccc3C(F)(F)F)ccc2c(=O)[nH]1. The van der Waals surface area contributed by atoms with E-state index in [-0.39, 0.29) is 45.4 Å². The molecular formula is C33H24F8N8O3. The Morgan fingerprint density at radius 3 is 1.54 bits per heavy atom. The van der Waals surface area contributed by atoms with Gasteiger partial charge in [0.25, 0.3) is 11.1 Å². The number of H-pyrrole nitrogens is 2. The van der Waals surface area contributed by atoms with E-state index < -0.39 is 68.7 Å². The van der Waals surface area contributed by atoms with E-state index in [1.807, 2.05) is 0 Å². The zero-order chi connectivity index (χ0) is 38.3. The Labute approximate surface area is 286 Å². The van der Waals surface area contributed by atoms with Crippen molar-refractivity contribution in [3.8, 4) is 22.5 Å². The summed E-state index contributed by atoms with van der Waals surface area (Å²) in [7, 11) is 0. The molecule has 6 aromatic rings. The Balaban J connectivity index is 0.000000206. The molecule has 270 valence electrons. The third-order valence-corrected chi connectivity index (χ3v) is 7.22. The molecule has 0 aliphatic carbocycles. The summed E-state index contributed by atoms with van der Waals surface area (Å²) in [5.74, 6) is -3.08. The fraction of sp³-hybridized carbons (Fsp3) is 0.182. The van der Waals surface area contributed by atoms with Crippen molar-refractivity contribution in [2.75, 3.05) is 11.1 Å². The second-order valence-corrected chi connectivity index (χ2v) is 12.0. The van der Waals surface area contributed by atoms with Crippen LogP contribution in [0.3, 0.4) is 0 Å². The topological polar surface area (TPSA) is 172 Å². The van der Waals surface area contributed by atoms with Crippen molar-refractivity contribution in [3.05, 3.63) is 104 Å². The van der Waals surface area contributed by atoms with Gasteiger partial charge in [-0.1, -0.05) is 32.9 Å². The maximum Gasteiger partial charge on any atom is 0.417 e. The molecule has 0 bridgehead atoms. The number of rotatable bonds is 3. The summed E-state index contributed by atoms with van der Waals surface area (Å²) in [5.41, 5.74) is -1.48. The molecule has 0 spiro atoms. The summed E-state index contributed by atoms with van der Waals surface area (Å²) < 4.78 is 107. The van der Waals surface area contributed by atoms with Crippen molar-refractivity contribution in [1.29, 1.82) is 0 Å². The van der Waals surface area contributed by atoms with Crippen LogP contribution in [0.25, 0.3) is 44.6 Å². The fourth-order valence-electron chi connectivity index (χ4n) is 4.73. The predicted molar refractivity (Wildman–Crippen MR) is 174 cm³/mol. The average molecular weight is 733 g/mol. The van der Waals surface area contributed by atoms with Crippen molar-refractivity contribution in [3.63, 3.8) is 0 Å². The molecule has 4 aromatic heterocycles. The van der Waals surface area contributed by atoms with Crippen molar-refractivity contribution >= 4 is 39.9 Å². The lowest BCUT2D eigenvalue weighted by Gasteiger charge is -2.17. The van der Waals surface area contributed by atoms with E-state index in [1.54, 1.807) is 20.8 Å². The van der Waals surface area contributed by atoms with Gasteiger partial charge in [-0.3, -0.25) is 29.7 Å². The third kappa shape index (κ3) is 7.72. The molecule has 5 N–H and O–H groups in total. The molecular weight excluding hydrogens is 708 g/mol. The van der Waals surface area contributed by atoms with Crippen molar-refractivity contribution in [1.82, 2.24) is 29.9 Å². The number of carbonyl (C=O) groups excluding carboxylic acids is 1. The standard InChI is InChI=1S/C19H16F4N4O2.C14H8F4N4O/c1-18(2,3)16(29)27-17-25-14-9(15(28)26-17)7-8-12(24-14)13-10(19(21,22)23)5-4-6-11(13)20;15-8-3-1-2-7(14(16,17)18)10(8)9-5-4-6-11(20-9)21-13(19)22-12(6)23/h4-8H,1-3H3,(H2,24,25,26,27,28,29);1-5H,(H3,19,20,21,22,23). The van der Waals surface area contributed by atoms with Gasteiger partial charge in [0.15, 0.2) is 11.3 Å². The normalized spacial score (nSPS) is 12.1. The van der Waals surface area contributed by atoms with Crippen molar-refractivity contribution in [2.45, 2.75) is 33.1 Å². The van der Waals surface area contributed by atoms with E-state index in [4.69, 9.17) is 5.73 Å². The number of amides is 1. The molecule has 0 aliphatic heterocycles. The van der Waals surface area contributed by atoms with Crippen LogP contribution in [-0.4, -0.2) is 35.8 Å². The zero-order valence-corrected chi connectivity index (χ0v) is 26.9. The number of pyridine rings is 2. The third-order valence-electron chi connectivity index (χ3n) is 7.22. The van der Waals surface area contributed by atoms with E-state index in [9.17, 15) is 49.5 Å². The minimum Gasteiger partial charge on any atom is -0.369 e. The Kier molecular flexibility index (Phi) is 9.57. The van der Waals surface area contributed by atoms with Crippen LogP contribution in [0.1, 0.15) is 31.9 Å². The fourth-order valence-corrected chi connectivity index (χ4v) is 4.73. The number of nitrogen functional groups attached to an aromatic ring is 1. The predicted octanol–water partition coefficient (Wildman–Crippen LogP) is 6.85. The number of hydrogen-bond acceptors (Lipinski definition) is 8. The molecule has 0 atom stereocenters. The summed E-state index contributed by atoms with van der Waals surface area (Å²) in [5, 5.41) is 2.44. The Morgan fingerprint density at radius 2 is 1.10 bits per heavy atom. The highest BCUT2D eigenvalue weighted by Crippen LogP contribution is 2.39. The van der Waals surface area contributed by atoms with E-state index in [0.29, 0.717) is 0 Å². The molecule has 0 fully saturated rings. The number of fused-ring (bicyclic) bond motifs is 2. The summed E-state index contributed by atoms with van der Waals surface area (Å²) in [6, 6.07) is 9.85. The van der Waals surface area contributed by atoms with Gasteiger partial charge >= 0.3 is 12.4 Å². The minimum atomic E-state index is -4.80. The molecule has 0 saturated carbocycles. The van der Waals surface area contributed by atoms with Gasteiger partial charge in [-0.2, -0.15) is 36.3 Å². The van der Waals surface area contributed by atoms with Crippen LogP contribution in [0, 0.1) is 17.0 Å². The van der Waals surface area contributed by atoms with Crippen LogP contribution >= 0.6 is 0 Å². The highest BCUT2D eigenvalue weighted by molar-refractivity contribution is 5.93. The lowest BCUT2D eigenvalue weighted by molar-refractivity contribution is -0.138. The van der Waals surface area contributed by atoms with Crippen LogP contribution in [0.15, 0.2) is 70.3 Å². The van der Waals surface area contributed by atoms with Gasteiger partial charge in [0.1, 0.15) is 11.6 Å². The zero-order valence-electron chi connectivity index (χ0n) is 26.9. The number of nitrogens with two attached hydrogens (primary N) is 1. The van der Waals surface area contributed by atoms with E-state index in [1.165, 1.54) is 12.1 Å². The van der Waals surface area contributed by atoms with E-state index in [2.05, 4.69) is 35.2 Å². The second-order valence-electron chi connectivity index (χ2n) is 12.0. The lowest BCUT2D eigenvalue weighted by atomic mass is 9.96. The molecule has 19 heteroatoms. The molecule has 0 radical (unpaired) electrons. The van der Waals surface area contributed by atoms with Gasteiger partial charge in [-0.15, -0.1) is 0 Å². The lowest BCUT2D eigenvalue weighted by Crippen LogP contribution is -2.29. The second kappa shape index (κ2) is 13.5. The number of halogens is 8. The molecule has 1 amide bonds. The number of aromatic amines is 2. The van der Waals surface area contributed by atoms with Gasteiger partial charge in [0.2, 0.25) is 17.8 Å². The summed E-state index contributed by atoms with van der Waals surface area (Å²) in [4.78, 5) is 56.2. The summed E-state index contributed by atoms with van der Waals surface area (Å²) in [6.07, 6.45) is -9.56. The van der Waals surface area contributed by atoms with E-state index in [0.717, 1.165) is 48.5 Å². The van der Waals surface area contributed by atoms with Crippen LogP contribution in [0.4, 0.5) is 47.0 Å². The summed E-state index contributed by atoms with van der Waals surface area (Å²) >= 11 is 0. The number of nitrogens with one attached hydrogen (secondary N) is 3. The van der Waals surface area contributed by atoms with Crippen LogP contribution in [-0.2, 0) is 17.1 Å². The highest BCUT2D eigenvalue weighted by Gasteiger charge is 2.36. The van der Waals surface area contributed by atoms with Crippen molar-refractivity contribution in [2.24, 2.45) is 5.41 Å². The number of alkyl halides is 6. The number of benzene rings is 2. The van der Waals surface area contributed by atoms with Crippen LogP contribution < -0.4 is 22.2 Å². The van der Waals surface area contributed by atoms with Crippen LogP contribution in [0.5, 0.6) is 0 Å². The molecule has 52 heavy (non-hydrogen) atoms. The average Bonchev–Trinajstić information content (AvgIpc) is 3.03. The number of hydrogen-bond donors (Lipinski definition) is 4. The largest absolute Gasteiger partial charge is 0.417 e. The number of carbonyl (C=O) groups is 1. The Morgan fingerprint density at radius 1 is 0.654 bits per heavy atom. The first-order valence-electron chi connectivity index (χ1n) is 14.8. The first-order valence-corrected chi connectivity index (χ1v) is 14.8. The van der Waals surface area contributed by atoms with Gasteiger partial charge in [0, 0.05) is 16.5 Å². The maximum absolute atomic E-state index is 14.2. The molecule has 0 saturated heterocycles. The van der Waals surface area contributed by atoms with Crippen molar-refractivity contribution < 1.29 is 39.9 Å². The van der Waals surface area contributed by atoms with Gasteiger partial charge in [-0.25, -0.2) is 18.7 Å². The molecule has 0 unspecified atom stereocenters. The quantitative estimate of drug-likeness (QED) is 0.143.